The predicted octanol–water partition coefficient (Wildman–Crippen LogP) is 2.64. The van der Waals surface area contributed by atoms with Gasteiger partial charge in [0.2, 0.25) is 15.9 Å². The molecule has 2 aromatic carbocycles. The molecule has 11 nitrogen and oxygen atoms in total. The van der Waals surface area contributed by atoms with E-state index in [2.05, 4.69) is 0 Å². The van der Waals surface area contributed by atoms with Crippen LogP contribution in [0.25, 0.3) is 0 Å². The predicted molar refractivity (Wildman–Crippen MR) is 135 cm³/mol. The molecule has 13 heteroatoms. The lowest BCUT2D eigenvalue weighted by Crippen LogP contribution is -2.54. The third kappa shape index (κ3) is 5.71. The normalized spacial score (nSPS) is 18.9. The van der Waals surface area contributed by atoms with Gasteiger partial charge in [0.05, 0.1) is 22.8 Å². The largest absolute Gasteiger partial charge is 0.490 e. The van der Waals surface area contributed by atoms with Gasteiger partial charge in [-0.1, -0.05) is 11.6 Å². The molecule has 0 N–H and O–H groups in total. The summed E-state index contributed by atoms with van der Waals surface area (Å²) in [6.45, 7) is 1.37. The number of nitro benzene ring substituents is 1. The lowest BCUT2D eigenvalue weighted by atomic mass is 9.95. The van der Waals surface area contributed by atoms with Gasteiger partial charge < -0.3 is 14.5 Å². The number of rotatable bonds is 6. The van der Waals surface area contributed by atoms with Crippen LogP contribution in [0, 0.1) is 16.0 Å². The number of nitrogens with zero attached hydrogens (tertiary/aromatic N) is 4. The second-order valence-corrected chi connectivity index (χ2v) is 11.3. The molecule has 2 aliphatic heterocycles. The van der Waals surface area contributed by atoms with Gasteiger partial charge in [0, 0.05) is 55.9 Å². The van der Waals surface area contributed by atoms with Gasteiger partial charge in [0.1, 0.15) is 0 Å². The van der Waals surface area contributed by atoms with Crippen LogP contribution in [0.1, 0.15) is 23.2 Å². The average molecular weight is 551 g/mol. The summed E-state index contributed by atoms with van der Waals surface area (Å²) >= 11 is 5.91. The quantitative estimate of drug-likeness (QED) is 0.399. The van der Waals surface area contributed by atoms with E-state index < -0.39 is 20.6 Å². The lowest BCUT2D eigenvalue weighted by Gasteiger charge is -2.38. The fourth-order valence-corrected chi connectivity index (χ4v) is 6.24. The Labute approximate surface area is 219 Å². The number of benzene rings is 2. The number of hydrogen-bond acceptors (Lipinski definition) is 7. The molecule has 0 aliphatic carbocycles. The van der Waals surface area contributed by atoms with E-state index in [4.69, 9.17) is 16.3 Å². The van der Waals surface area contributed by atoms with Crippen molar-refractivity contribution in [2.24, 2.45) is 5.92 Å². The maximum atomic E-state index is 13.2. The minimum absolute atomic E-state index is 0.0320. The highest BCUT2D eigenvalue weighted by Crippen LogP contribution is 2.31. The van der Waals surface area contributed by atoms with Crippen molar-refractivity contribution in [3.63, 3.8) is 0 Å². The van der Waals surface area contributed by atoms with E-state index in [0.29, 0.717) is 36.5 Å². The van der Waals surface area contributed by atoms with Crippen molar-refractivity contribution in [2.45, 2.75) is 17.7 Å². The number of piperidine rings is 1. The van der Waals surface area contributed by atoms with Crippen LogP contribution in [-0.4, -0.2) is 85.6 Å². The molecule has 0 aromatic heterocycles. The van der Waals surface area contributed by atoms with Gasteiger partial charge in [0.25, 0.3) is 5.91 Å². The van der Waals surface area contributed by atoms with E-state index in [-0.39, 0.29) is 54.6 Å². The number of carbonyl (C=O) groups is 2. The summed E-state index contributed by atoms with van der Waals surface area (Å²) in [5.41, 5.74) is 0.0717. The highest BCUT2D eigenvalue weighted by atomic mass is 35.5. The van der Waals surface area contributed by atoms with Crippen molar-refractivity contribution in [3.05, 3.63) is 63.2 Å². The number of methoxy groups -OCH3 is 1. The molecule has 0 unspecified atom stereocenters. The Bertz CT molecular complexity index is 1290. The van der Waals surface area contributed by atoms with Gasteiger partial charge in [-0.3, -0.25) is 19.7 Å². The van der Waals surface area contributed by atoms with Crippen molar-refractivity contribution in [1.82, 2.24) is 14.1 Å². The molecule has 2 aliphatic rings. The Morgan fingerprint density at radius 2 is 1.70 bits per heavy atom. The smallest absolute Gasteiger partial charge is 0.312 e. The second-order valence-electron chi connectivity index (χ2n) is 8.92. The molecule has 198 valence electrons. The molecule has 2 heterocycles. The van der Waals surface area contributed by atoms with Crippen LogP contribution in [0.3, 0.4) is 0 Å². The first-order valence-corrected chi connectivity index (χ1v) is 13.6. The molecule has 0 radical (unpaired) electrons. The summed E-state index contributed by atoms with van der Waals surface area (Å²) in [5.74, 6) is -0.655. The van der Waals surface area contributed by atoms with Gasteiger partial charge in [-0.05, 0) is 49.2 Å². The van der Waals surface area contributed by atoms with Crippen LogP contribution >= 0.6 is 11.6 Å². The van der Waals surface area contributed by atoms with Gasteiger partial charge in [0.15, 0.2) is 5.75 Å². The SMILES string of the molecule is COc1ccc(S(=O)(=O)N2CCN(C(=O)[C@H]3CCCN(C(=O)c4ccc(Cl)cc4)C3)CC2)cc1[N+](=O)[O-]. The molecular weight excluding hydrogens is 524 g/mol. The van der Waals surface area contributed by atoms with Gasteiger partial charge in [-0.15, -0.1) is 0 Å². The molecule has 0 spiro atoms. The number of nitro groups is 1. The Morgan fingerprint density at radius 3 is 2.32 bits per heavy atom. The molecule has 0 bridgehead atoms. The van der Waals surface area contributed by atoms with E-state index in [1.807, 2.05) is 0 Å². The van der Waals surface area contributed by atoms with Crippen molar-refractivity contribution >= 4 is 39.1 Å². The van der Waals surface area contributed by atoms with E-state index >= 15 is 0 Å². The summed E-state index contributed by atoms with van der Waals surface area (Å²) in [6, 6.07) is 10.1. The van der Waals surface area contributed by atoms with Crippen molar-refractivity contribution in [3.8, 4) is 5.75 Å². The van der Waals surface area contributed by atoms with Crippen molar-refractivity contribution in [2.75, 3.05) is 46.4 Å². The molecular formula is C24H27ClN4O7S. The summed E-state index contributed by atoms with van der Waals surface area (Å²) in [6.07, 6.45) is 1.34. The Hall–Kier alpha value is -3.22. The summed E-state index contributed by atoms with van der Waals surface area (Å²) in [5, 5.41) is 11.8. The average Bonchev–Trinajstić information content (AvgIpc) is 2.92. The van der Waals surface area contributed by atoms with Crippen LogP contribution in [0.5, 0.6) is 5.75 Å². The van der Waals surface area contributed by atoms with Gasteiger partial charge >= 0.3 is 5.69 Å². The minimum atomic E-state index is -4.00. The number of amides is 2. The fraction of sp³-hybridized carbons (Fsp3) is 0.417. The molecule has 0 saturated carbocycles. The molecule has 4 rings (SSSR count). The van der Waals surface area contributed by atoms with Gasteiger partial charge in [-0.2, -0.15) is 4.31 Å². The lowest BCUT2D eigenvalue weighted by molar-refractivity contribution is -0.386. The molecule has 37 heavy (non-hydrogen) atoms. The topological polar surface area (TPSA) is 130 Å². The number of ether oxygens (including phenoxy) is 1. The monoisotopic (exact) mass is 550 g/mol. The van der Waals surface area contributed by atoms with E-state index in [1.165, 1.54) is 23.5 Å². The summed E-state index contributed by atoms with van der Waals surface area (Å²) in [7, 11) is -2.73. The number of carbonyl (C=O) groups excluding carboxylic acids is 2. The van der Waals surface area contributed by atoms with Crippen LogP contribution in [-0.2, 0) is 14.8 Å². The third-order valence-corrected chi connectivity index (χ3v) is 8.83. The zero-order valence-electron chi connectivity index (χ0n) is 20.2. The van der Waals surface area contributed by atoms with Crippen LogP contribution < -0.4 is 4.74 Å². The summed E-state index contributed by atoms with van der Waals surface area (Å²) < 4.78 is 32.4. The van der Waals surface area contributed by atoms with Crippen molar-refractivity contribution in [1.29, 1.82) is 0 Å². The maximum absolute atomic E-state index is 13.2. The molecule has 2 amide bonds. The minimum Gasteiger partial charge on any atom is -0.490 e. The zero-order chi connectivity index (χ0) is 26.7. The van der Waals surface area contributed by atoms with Crippen LogP contribution in [0.2, 0.25) is 5.02 Å². The molecule has 2 saturated heterocycles. The first kappa shape index (κ1) is 26.8. The van der Waals surface area contributed by atoms with E-state index in [0.717, 1.165) is 6.07 Å². The Morgan fingerprint density at radius 1 is 1.03 bits per heavy atom. The molecule has 1 atom stereocenters. The van der Waals surface area contributed by atoms with E-state index in [1.54, 1.807) is 34.1 Å². The van der Waals surface area contributed by atoms with Crippen molar-refractivity contribution < 1.29 is 27.7 Å². The Balaban J connectivity index is 1.39. The fourth-order valence-electron chi connectivity index (χ4n) is 4.67. The Kier molecular flexibility index (Phi) is 8.00. The number of hydrogen-bond donors (Lipinski definition) is 0. The third-order valence-electron chi connectivity index (χ3n) is 6.68. The number of piperazine rings is 1. The first-order chi connectivity index (χ1) is 17.6. The zero-order valence-corrected chi connectivity index (χ0v) is 21.8. The second kappa shape index (κ2) is 11.0. The number of sulfonamides is 1. The number of likely N-dealkylation sites (tertiary alicyclic amines) is 1. The highest BCUT2D eigenvalue weighted by molar-refractivity contribution is 7.89. The standard InChI is InChI=1S/C24H27ClN4O7S/c1-36-22-9-8-20(15-21(22)29(32)33)37(34,35)28-13-11-26(12-14-28)24(31)18-3-2-10-27(16-18)23(30)17-4-6-19(25)7-5-17/h4-9,15,18H,2-3,10-14,16H2,1H3/t18-/m0/s1. The van der Waals surface area contributed by atoms with Gasteiger partial charge in [-0.25, -0.2) is 8.42 Å². The highest BCUT2D eigenvalue weighted by Gasteiger charge is 2.36. The summed E-state index contributed by atoms with van der Waals surface area (Å²) in [4.78, 5) is 39.8. The first-order valence-electron chi connectivity index (χ1n) is 11.8. The molecule has 2 aromatic rings. The van der Waals surface area contributed by atoms with E-state index in [9.17, 15) is 28.1 Å². The maximum Gasteiger partial charge on any atom is 0.312 e. The molecule has 2 fully saturated rings. The van der Waals surface area contributed by atoms with Crippen LogP contribution in [0.15, 0.2) is 47.4 Å². The number of halogens is 1. The van der Waals surface area contributed by atoms with Crippen LogP contribution in [0.4, 0.5) is 5.69 Å².